The summed E-state index contributed by atoms with van der Waals surface area (Å²) in [5.41, 5.74) is 1.78. The lowest BCUT2D eigenvalue weighted by Gasteiger charge is -2.24. The van der Waals surface area contributed by atoms with Crippen LogP contribution < -0.4 is 5.32 Å². The average molecular weight is 280 g/mol. The van der Waals surface area contributed by atoms with E-state index in [4.69, 9.17) is 0 Å². The highest BCUT2D eigenvalue weighted by atomic mass is 19.1. The van der Waals surface area contributed by atoms with E-state index in [1.54, 1.807) is 6.07 Å². The minimum atomic E-state index is -0.103. The van der Waals surface area contributed by atoms with Crippen molar-refractivity contribution < 1.29 is 4.39 Å². The number of hydrogen-bond donors (Lipinski definition) is 1. The van der Waals surface area contributed by atoms with Crippen LogP contribution in [-0.4, -0.2) is 31.1 Å². The maximum atomic E-state index is 13.8. The van der Waals surface area contributed by atoms with Crippen molar-refractivity contribution in [3.05, 3.63) is 35.1 Å². The molecule has 0 aliphatic rings. The zero-order chi connectivity index (χ0) is 15.0. The number of nitrogens with zero attached hydrogens (tertiary/aromatic N) is 1. The molecule has 1 atom stereocenters. The van der Waals surface area contributed by atoms with Crippen LogP contribution in [0.25, 0.3) is 0 Å². The molecule has 0 amide bonds. The Morgan fingerprint density at radius 2 is 1.90 bits per heavy atom. The Bertz CT molecular complexity index is 389. The minimum Gasteiger partial charge on any atom is -0.310 e. The van der Waals surface area contributed by atoms with Crippen LogP contribution in [-0.2, 0) is 0 Å². The fourth-order valence-electron chi connectivity index (χ4n) is 2.38. The van der Waals surface area contributed by atoms with Crippen molar-refractivity contribution in [3.63, 3.8) is 0 Å². The molecule has 0 saturated heterocycles. The second-order valence-corrected chi connectivity index (χ2v) is 5.33. The van der Waals surface area contributed by atoms with Gasteiger partial charge in [0.15, 0.2) is 0 Å². The van der Waals surface area contributed by atoms with Crippen molar-refractivity contribution in [2.24, 2.45) is 0 Å². The minimum absolute atomic E-state index is 0.103. The van der Waals surface area contributed by atoms with Gasteiger partial charge in [-0.3, -0.25) is 0 Å². The van der Waals surface area contributed by atoms with Crippen LogP contribution in [0.5, 0.6) is 0 Å². The summed E-state index contributed by atoms with van der Waals surface area (Å²) in [4.78, 5) is 2.41. The maximum absolute atomic E-state index is 13.8. The van der Waals surface area contributed by atoms with E-state index in [1.807, 2.05) is 19.1 Å². The van der Waals surface area contributed by atoms with Gasteiger partial charge in [0.1, 0.15) is 5.82 Å². The molecule has 2 nitrogen and oxygen atoms in total. The summed E-state index contributed by atoms with van der Waals surface area (Å²) < 4.78 is 13.8. The van der Waals surface area contributed by atoms with E-state index < -0.39 is 0 Å². The Kier molecular flexibility index (Phi) is 7.78. The van der Waals surface area contributed by atoms with Crippen molar-refractivity contribution in [1.82, 2.24) is 10.2 Å². The summed E-state index contributed by atoms with van der Waals surface area (Å²) in [5.74, 6) is -0.103. The molecule has 0 aliphatic carbocycles. The predicted octanol–water partition coefficient (Wildman–Crippen LogP) is 3.91. The molecule has 1 aromatic carbocycles. The van der Waals surface area contributed by atoms with E-state index in [0.29, 0.717) is 5.56 Å². The van der Waals surface area contributed by atoms with Gasteiger partial charge in [0.05, 0.1) is 0 Å². The molecule has 1 unspecified atom stereocenters. The van der Waals surface area contributed by atoms with Gasteiger partial charge in [-0.2, -0.15) is 0 Å². The number of rotatable bonds is 9. The maximum Gasteiger partial charge on any atom is 0.126 e. The van der Waals surface area contributed by atoms with Gasteiger partial charge in [0.25, 0.3) is 0 Å². The quantitative estimate of drug-likeness (QED) is 0.738. The summed E-state index contributed by atoms with van der Waals surface area (Å²) in [6.45, 7) is 12.5. The fourth-order valence-corrected chi connectivity index (χ4v) is 2.38. The monoisotopic (exact) mass is 280 g/mol. The molecule has 0 radical (unpaired) electrons. The molecule has 20 heavy (non-hydrogen) atoms. The first-order chi connectivity index (χ1) is 9.62. The van der Waals surface area contributed by atoms with E-state index in [0.717, 1.165) is 44.6 Å². The van der Waals surface area contributed by atoms with Crippen molar-refractivity contribution >= 4 is 0 Å². The van der Waals surface area contributed by atoms with Crippen molar-refractivity contribution in [2.75, 3.05) is 26.2 Å². The zero-order valence-corrected chi connectivity index (χ0v) is 13.4. The van der Waals surface area contributed by atoms with Crippen LogP contribution in [0.3, 0.4) is 0 Å². The molecule has 0 bridgehead atoms. The number of nitrogens with one attached hydrogen (secondary N) is 1. The van der Waals surface area contributed by atoms with Gasteiger partial charge in [0.2, 0.25) is 0 Å². The Morgan fingerprint density at radius 1 is 1.20 bits per heavy atom. The summed E-state index contributed by atoms with van der Waals surface area (Å²) in [6.07, 6.45) is 2.11. The lowest BCUT2D eigenvalue weighted by molar-refractivity contribution is 0.281. The number of halogens is 1. The molecule has 0 saturated carbocycles. The van der Waals surface area contributed by atoms with Crippen molar-refractivity contribution in [1.29, 1.82) is 0 Å². The van der Waals surface area contributed by atoms with Crippen molar-refractivity contribution in [2.45, 2.75) is 46.6 Å². The SMILES string of the molecule is CCCNC(CCN(CC)CC)c1ccc(C)c(F)c1. The Morgan fingerprint density at radius 3 is 2.45 bits per heavy atom. The standard InChI is InChI=1S/C17H29FN2/c1-5-11-19-17(10-12-20(6-2)7-3)15-9-8-14(4)16(18)13-15/h8-9,13,17,19H,5-7,10-12H2,1-4H3. The normalized spacial score (nSPS) is 12.9. The lowest BCUT2D eigenvalue weighted by Crippen LogP contribution is -2.30. The van der Waals surface area contributed by atoms with E-state index in [-0.39, 0.29) is 11.9 Å². The van der Waals surface area contributed by atoms with E-state index in [1.165, 1.54) is 0 Å². The third kappa shape index (κ3) is 5.22. The molecule has 0 heterocycles. The number of benzene rings is 1. The molecule has 1 rings (SSSR count). The predicted molar refractivity (Wildman–Crippen MR) is 84.6 cm³/mol. The second kappa shape index (κ2) is 9.09. The molecule has 0 spiro atoms. The van der Waals surface area contributed by atoms with Gasteiger partial charge in [-0.25, -0.2) is 4.39 Å². The average Bonchev–Trinajstić information content (AvgIpc) is 2.46. The smallest absolute Gasteiger partial charge is 0.126 e. The third-order valence-electron chi connectivity index (χ3n) is 3.87. The number of aryl methyl sites for hydroxylation is 1. The summed E-state index contributed by atoms with van der Waals surface area (Å²) in [5, 5.41) is 3.54. The van der Waals surface area contributed by atoms with Crippen LogP contribution in [0.15, 0.2) is 18.2 Å². The Labute approximate surface area is 123 Å². The highest BCUT2D eigenvalue weighted by Gasteiger charge is 2.13. The third-order valence-corrected chi connectivity index (χ3v) is 3.87. The highest BCUT2D eigenvalue weighted by molar-refractivity contribution is 5.25. The van der Waals surface area contributed by atoms with Crippen LogP contribution in [0.2, 0.25) is 0 Å². The molecule has 114 valence electrons. The lowest BCUT2D eigenvalue weighted by atomic mass is 10.0. The van der Waals surface area contributed by atoms with Gasteiger partial charge in [-0.1, -0.05) is 32.9 Å². The highest BCUT2D eigenvalue weighted by Crippen LogP contribution is 2.20. The molecule has 0 aliphatic heterocycles. The van der Waals surface area contributed by atoms with Crippen LogP contribution in [0.1, 0.15) is 50.8 Å². The van der Waals surface area contributed by atoms with E-state index in [9.17, 15) is 4.39 Å². The Hall–Kier alpha value is -0.930. The first-order valence-corrected chi connectivity index (χ1v) is 7.84. The van der Waals surface area contributed by atoms with Crippen LogP contribution in [0, 0.1) is 12.7 Å². The molecule has 1 aromatic rings. The zero-order valence-electron chi connectivity index (χ0n) is 13.4. The fraction of sp³-hybridized carbons (Fsp3) is 0.647. The van der Waals surface area contributed by atoms with Crippen molar-refractivity contribution in [3.8, 4) is 0 Å². The first-order valence-electron chi connectivity index (χ1n) is 7.84. The van der Waals surface area contributed by atoms with E-state index in [2.05, 4.69) is 31.0 Å². The number of hydrogen-bond acceptors (Lipinski definition) is 2. The molecule has 1 N–H and O–H groups in total. The molecular formula is C17H29FN2. The second-order valence-electron chi connectivity index (χ2n) is 5.33. The van der Waals surface area contributed by atoms with Gasteiger partial charge in [0, 0.05) is 6.04 Å². The summed E-state index contributed by atoms with van der Waals surface area (Å²) in [6, 6.07) is 5.85. The summed E-state index contributed by atoms with van der Waals surface area (Å²) in [7, 11) is 0. The molecular weight excluding hydrogens is 251 g/mol. The first kappa shape index (κ1) is 17.1. The molecule has 3 heteroatoms. The Balaban J connectivity index is 2.74. The van der Waals surface area contributed by atoms with Gasteiger partial charge >= 0.3 is 0 Å². The van der Waals surface area contributed by atoms with Gasteiger partial charge < -0.3 is 10.2 Å². The molecule has 0 fully saturated rings. The largest absolute Gasteiger partial charge is 0.310 e. The van der Waals surface area contributed by atoms with Crippen LogP contribution >= 0.6 is 0 Å². The summed E-state index contributed by atoms with van der Waals surface area (Å²) >= 11 is 0. The van der Waals surface area contributed by atoms with E-state index >= 15 is 0 Å². The van der Waals surface area contributed by atoms with Gasteiger partial charge in [-0.15, -0.1) is 0 Å². The van der Waals surface area contributed by atoms with Crippen LogP contribution in [0.4, 0.5) is 4.39 Å². The topological polar surface area (TPSA) is 15.3 Å². The molecule has 0 aromatic heterocycles. The van der Waals surface area contributed by atoms with Gasteiger partial charge in [-0.05, 0) is 63.1 Å².